The van der Waals surface area contributed by atoms with E-state index in [1.807, 2.05) is 0 Å². The van der Waals surface area contributed by atoms with Crippen LogP contribution in [0.3, 0.4) is 0 Å². The molecule has 1 rings (SSSR count). The molecule has 13 heavy (non-hydrogen) atoms. The summed E-state index contributed by atoms with van der Waals surface area (Å²) in [6, 6.07) is 0. The number of carbonyl (C=O) groups excluding carboxylic acids is 1. The molecule has 0 bridgehead atoms. The third-order valence-corrected chi connectivity index (χ3v) is 3.67. The molecule has 0 saturated heterocycles. The molecule has 1 heterocycles. The first-order valence-electron chi connectivity index (χ1n) is 3.16. The van der Waals surface area contributed by atoms with E-state index < -0.39 is 11.2 Å². The van der Waals surface area contributed by atoms with Gasteiger partial charge in [-0.3, -0.25) is 0 Å². The van der Waals surface area contributed by atoms with Crippen LogP contribution in [-0.4, -0.2) is 26.0 Å². The molecule has 0 amide bonds. The third kappa shape index (κ3) is 3.14. The van der Waals surface area contributed by atoms with Crippen molar-refractivity contribution >= 4 is 41.1 Å². The fraction of sp³-hybridized carbons (Fsp3) is 0.400. The number of hydrogen-bond donors (Lipinski definition) is 1. The van der Waals surface area contributed by atoms with E-state index >= 15 is 0 Å². The summed E-state index contributed by atoms with van der Waals surface area (Å²) < 4.78 is 9.48. The van der Waals surface area contributed by atoms with Gasteiger partial charge in [0, 0.05) is 5.25 Å². The molecule has 5 nitrogen and oxygen atoms in total. The molecule has 0 radical (unpaired) electrons. The first-order valence-corrected chi connectivity index (χ1v) is 5.63. The van der Waals surface area contributed by atoms with Crippen LogP contribution < -0.4 is 5.11 Å². The average molecular weight is 237 g/mol. The van der Waals surface area contributed by atoms with Gasteiger partial charge in [-0.05, 0) is 6.92 Å². The Labute approximate surface area is 86.8 Å². The topological polar surface area (TPSA) is 86.1 Å². The number of aromatic nitrogens is 2. The maximum absolute atomic E-state index is 10.3. The maximum Gasteiger partial charge on any atom is 0.201 e. The molecule has 0 aliphatic carbocycles. The highest BCUT2D eigenvalue weighted by atomic mass is 32.2. The van der Waals surface area contributed by atoms with Crippen molar-refractivity contribution in [2.75, 3.05) is 0 Å². The van der Waals surface area contributed by atoms with Gasteiger partial charge in [0.2, 0.25) is 4.34 Å². The van der Waals surface area contributed by atoms with Crippen LogP contribution in [0, 0.1) is 0 Å². The minimum absolute atomic E-state index is 0.396. The molecule has 1 atom stereocenters. The van der Waals surface area contributed by atoms with E-state index in [1.54, 1.807) is 0 Å². The van der Waals surface area contributed by atoms with Crippen LogP contribution in [0.15, 0.2) is 8.68 Å². The van der Waals surface area contributed by atoms with Gasteiger partial charge in [-0.25, -0.2) is 0 Å². The molecule has 8 heteroatoms. The standard InChI is InChI=1S/C5H6N2O3S3/c1-2(3(8)9)11-4-6-7-5(12-4)13-10/h2,10H,1H3,(H,8,9)/p-1. The normalized spacial score (nSPS) is 12.8. The highest BCUT2D eigenvalue weighted by Crippen LogP contribution is 2.29. The first kappa shape index (κ1) is 10.8. The number of carbonyl (C=O) groups is 1. The zero-order valence-corrected chi connectivity index (χ0v) is 8.91. The van der Waals surface area contributed by atoms with Crippen molar-refractivity contribution in [2.24, 2.45) is 0 Å². The molecule has 1 aromatic rings. The third-order valence-electron chi connectivity index (χ3n) is 1.08. The molecule has 0 aliphatic rings. The molecule has 72 valence electrons. The summed E-state index contributed by atoms with van der Waals surface area (Å²) in [5.41, 5.74) is 0. The Kier molecular flexibility index (Phi) is 3.97. The Bertz CT molecular complexity index is 303. The van der Waals surface area contributed by atoms with E-state index in [1.165, 1.54) is 6.92 Å². The van der Waals surface area contributed by atoms with Crippen LogP contribution in [0.25, 0.3) is 0 Å². The summed E-state index contributed by atoms with van der Waals surface area (Å²) in [5, 5.41) is 17.0. The van der Waals surface area contributed by atoms with Gasteiger partial charge in [-0.2, -0.15) is 0 Å². The Morgan fingerprint density at radius 1 is 1.62 bits per heavy atom. The van der Waals surface area contributed by atoms with E-state index in [-0.39, 0.29) is 0 Å². The smallest absolute Gasteiger partial charge is 0.201 e. The molecule has 1 aromatic heterocycles. The van der Waals surface area contributed by atoms with Crippen molar-refractivity contribution in [3.8, 4) is 0 Å². The van der Waals surface area contributed by atoms with Gasteiger partial charge in [0.25, 0.3) is 0 Å². The predicted molar refractivity (Wildman–Crippen MR) is 48.7 cm³/mol. The molecule has 0 fully saturated rings. The van der Waals surface area contributed by atoms with E-state index in [2.05, 4.69) is 10.2 Å². The lowest BCUT2D eigenvalue weighted by Gasteiger charge is -2.08. The Morgan fingerprint density at radius 3 is 2.69 bits per heavy atom. The van der Waals surface area contributed by atoms with Crippen LogP contribution >= 0.6 is 35.1 Å². The molecule has 1 unspecified atom stereocenters. The zero-order valence-electron chi connectivity index (χ0n) is 6.46. The summed E-state index contributed by atoms with van der Waals surface area (Å²) >= 11 is 2.68. The Balaban J connectivity index is 2.58. The van der Waals surface area contributed by atoms with Gasteiger partial charge < -0.3 is 14.5 Å². The van der Waals surface area contributed by atoms with Crippen LogP contribution in [0.5, 0.6) is 0 Å². The zero-order chi connectivity index (χ0) is 9.84. The summed E-state index contributed by atoms with van der Waals surface area (Å²) in [6.07, 6.45) is 0. The van der Waals surface area contributed by atoms with E-state index in [0.29, 0.717) is 20.7 Å². The number of thioether (sulfide) groups is 1. The second-order valence-electron chi connectivity index (χ2n) is 2.00. The molecule has 0 saturated carbocycles. The van der Waals surface area contributed by atoms with Crippen LogP contribution in [0.4, 0.5) is 0 Å². The van der Waals surface area contributed by atoms with Gasteiger partial charge in [0.1, 0.15) is 0 Å². The molecule has 0 aliphatic heterocycles. The molecule has 0 aromatic carbocycles. The van der Waals surface area contributed by atoms with Gasteiger partial charge in [0.15, 0.2) is 4.34 Å². The Morgan fingerprint density at radius 2 is 2.23 bits per heavy atom. The van der Waals surface area contributed by atoms with Crippen molar-refractivity contribution in [1.82, 2.24) is 10.2 Å². The number of hydrogen-bond acceptors (Lipinski definition) is 8. The number of rotatable bonds is 4. The second-order valence-corrected chi connectivity index (χ2v) is 5.40. The summed E-state index contributed by atoms with van der Waals surface area (Å²) in [5.74, 6) is -1.14. The number of aliphatic carboxylic acids is 1. The van der Waals surface area contributed by atoms with Crippen molar-refractivity contribution in [1.29, 1.82) is 0 Å². The second kappa shape index (κ2) is 4.80. The minimum Gasteiger partial charge on any atom is -0.549 e. The maximum atomic E-state index is 10.3. The molecule has 0 spiro atoms. The van der Waals surface area contributed by atoms with Gasteiger partial charge in [0.05, 0.1) is 18.0 Å². The van der Waals surface area contributed by atoms with Crippen LogP contribution in [0.2, 0.25) is 0 Å². The van der Waals surface area contributed by atoms with Crippen molar-refractivity contribution in [2.45, 2.75) is 20.9 Å². The minimum atomic E-state index is -1.14. The molecule has 1 N–H and O–H groups in total. The quantitative estimate of drug-likeness (QED) is 0.596. The highest BCUT2D eigenvalue weighted by molar-refractivity contribution is 8.02. The monoisotopic (exact) mass is 237 g/mol. The van der Waals surface area contributed by atoms with E-state index in [9.17, 15) is 9.90 Å². The van der Waals surface area contributed by atoms with E-state index in [0.717, 1.165) is 23.1 Å². The number of nitrogens with zero attached hydrogens (tertiary/aromatic N) is 2. The largest absolute Gasteiger partial charge is 0.549 e. The van der Waals surface area contributed by atoms with Gasteiger partial charge in [-0.1, -0.05) is 23.1 Å². The lowest BCUT2D eigenvalue weighted by Crippen LogP contribution is -2.31. The lowest BCUT2D eigenvalue weighted by molar-refractivity contribution is -0.304. The summed E-state index contributed by atoms with van der Waals surface area (Å²) in [4.78, 5) is 10.3. The van der Waals surface area contributed by atoms with E-state index in [4.69, 9.17) is 4.55 Å². The first-order chi connectivity index (χ1) is 6.13. The fourth-order valence-electron chi connectivity index (χ4n) is 0.481. The van der Waals surface area contributed by atoms with Crippen LogP contribution in [0.1, 0.15) is 6.92 Å². The van der Waals surface area contributed by atoms with Crippen LogP contribution in [-0.2, 0) is 4.79 Å². The van der Waals surface area contributed by atoms with Gasteiger partial charge >= 0.3 is 0 Å². The highest BCUT2D eigenvalue weighted by Gasteiger charge is 2.10. The summed E-state index contributed by atoms with van der Waals surface area (Å²) in [6.45, 7) is 1.51. The number of carboxylic acids is 1. The fourth-order valence-corrected chi connectivity index (χ4v) is 2.76. The number of carboxylic acid groups (broad SMARTS) is 1. The molecular weight excluding hydrogens is 232 g/mol. The average Bonchev–Trinajstić information content (AvgIpc) is 2.52. The SMILES string of the molecule is CC(Sc1nnc(SO)s1)C(=O)[O-]. The van der Waals surface area contributed by atoms with Crippen molar-refractivity contribution in [3.05, 3.63) is 0 Å². The van der Waals surface area contributed by atoms with Crippen molar-refractivity contribution in [3.63, 3.8) is 0 Å². The summed E-state index contributed by atoms with van der Waals surface area (Å²) in [7, 11) is 0. The van der Waals surface area contributed by atoms with Gasteiger partial charge in [-0.15, -0.1) is 10.2 Å². The van der Waals surface area contributed by atoms with Crippen molar-refractivity contribution < 1.29 is 14.5 Å². The molecular formula is C5H5N2O3S3-. The Hall–Kier alpha value is -0.310. The predicted octanol–water partition coefficient (Wildman–Crippen LogP) is 0.334. The lowest BCUT2D eigenvalue weighted by atomic mass is 10.5.